The quantitative estimate of drug-likeness (QED) is 0.840. The molecular weight excluding hydrogens is 286 g/mol. The van der Waals surface area contributed by atoms with Gasteiger partial charge in [-0.3, -0.25) is 0 Å². The zero-order chi connectivity index (χ0) is 15.7. The number of rotatable bonds is 4. The highest BCUT2D eigenvalue weighted by Gasteiger charge is 2.35. The molecule has 1 saturated heterocycles. The highest BCUT2D eigenvalue weighted by molar-refractivity contribution is 7.88. The standard InChI is InChI=1S/C15H31N3O2S/c1-15(2)6-5-14(16-3)13(11-15)12-17-7-9-18(10-8-17)21(4,19)20/h13-14,16H,5-12H2,1-4H3. The van der Waals surface area contributed by atoms with Gasteiger partial charge in [0, 0.05) is 38.8 Å². The Morgan fingerprint density at radius 3 is 2.33 bits per heavy atom. The molecule has 0 spiro atoms. The molecule has 2 atom stereocenters. The Morgan fingerprint density at radius 2 is 1.81 bits per heavy atom. The van der Waals surface area contributed by atoms with Gasteiger partial charge >= 0.3 is 0 Å². The molecule has 6 heteroatoms. The van der Waals surface area contributed by atoms with Crippen molar-refractivity contribution in [2.45, 2.75) is 39.2 Å². The molecule has 2 rings (SSSR count). The Labute approximate surface area is 130 Å². The summed E-state index contributed by atoms with van der Waals surface area (Å²) in [6, 6.07) is 0.603. The van der Waals surface area contributed by atoms with E-state index in [1.807, 2.05) is 0 Å². The van der Waals surface area contributed by atoms with E-state index in [0.717, 1.165) is 19.6 Å². The SMILES string of the molecule is CNC1CCC(C)(C)CC1CN1CCN(S(C)(=O)=O)CC1. The molecule has 2 unspecified atom stereocenters. The first-order chi connectivity index (χ1) is 9.71. The van der Waals surface area contributed by atoms with Crippen molar-refractivity contribution in [3.8, 4) is 0 Å². The second-order valence-corrected chi connectivity index (χ2v) is 9.51. The van der Waals surface area contributed by atoms with Crippen LogP contribution in [0.25, 0.3) is 0 Å². The van der Waals surface area contributed by atoms with Crippen LogP contribution < -0.4 is 5.32 Å². The monoisotopic (exact) mass is 317 g/mol. The molecule has 0 aromatic rings. The fourth-order valence-electron chi connectivity index (χ4n) is 3.88. The van der Waals surface area contributed by atoms with Crippen molar-refractivity contribution in [1.82, 2.24) is 14.5 Å². The summed E-state index contributed by atoms with van der Waals surface area (Å²) >= 11 is 0. The van der Waals surface area contributed by atoms with E-state index in [4.69, 9.17) is 0 Å². The molecule has 0 aromatic carbocycles. The molecule has 1 aliphatic heterocycles. The molecule has 21 heavy (non-hydrogen) atoms. The molecule has 5 nitrogen and oxygen atoms in total. The van der Waals surface area contributed by atoms with Crippen molar-refractivity contribution in [1.29, 1.82) is 0 Å². The lowest BCUT2D eigenvalue weighted by Crippen LogP contribution is -2.52. The molecule has 2 aliphatic rings. The summed E-state index contributed by atoms with van der Waals surface area (Å²) in [5.74, 6) is 0.670. The molecule has 1 heterocycles. The van der Waals surface area contributed by atoms with Gasteiger partial charge in [0.2, 0.25) is 10.0 Å². The van der Waals surface area contributed by atoms with Crippen LogP contribution in [0.4, 0.5) is 0 Å². The Hall–Kier alpha value is -0.170. The van der Waals surface area contributed by atoms with Crippen LogP contribution in [-0.4, -0.2) is 69.7 Å². The van der Waals surface area contributed by atoms with E-state index in [0.29, 0.717) is 30.5 Å². The minimum absolute atomic E-state index is 0.437. The smallest absolute Gasteiger partial charge is 0.211 e. The van der Waals surface area contributed by atoms with Crippen LogP contribution >= 0.6 is 0 Å². The van der Waals surface area contributed by atoms with Gasteiger partial charge in [-0.15, -0.1) is 0 Å². The Balaban J connectivity index is 1.89. The second kappa shape index (κ2) is 6.52. The third kappa shape index (κ3) is 4.65. The van der Waals surface area contributed by atoms with Gasteiger partial charge in [-0.2, -0.15) is 4.31 Å². The van der Waals surface area contributed by atoms with Crippen molar-refractivity contribution in [3.63, 3.8) is 0 Å². The first-order valence-corrected chi connectivity index (χ1v) is 9.91. The summed E-state index contributed by atoms with van der Waals surface area (Å²) in [7, 11) is -0.955. The molecule has 0 aromatic heterocycles. The number of hydrogen-bond acceptors (Lipinski definition) is 4. The highest BCUT2D eigenvalue weighted by atomic mass is 32.2. The molecular formula is C15H31N3O2S. The van der Waals surface area contributed by atoms with E-state index >= 15 is 0 Å². The van der Waals surface area contributed by atoms with Crippen molar-refractivity contribution in [2.75, 3.05) is 46.0 Å². The van der Waals surface area contributed by atoms with Gasteiger partial charge in [0.05, 0.1) is 6.26 Å². The van der Waals surface area contributed by atoms with Crippen molar-refractivity contribution >= 4 is 10.0 Å². The van der Waals surface area contributed by atoms with Crippen molar-refractivity contribution in [2.24, 2.45) is 11.3 Å². The molecule has 1 aliphatic carbocycles. The van der Waals surface area contributed by atoms with Crippen molar-refractivity contribution in [3.05, 3.63) is 0 Å². The number of nitrogens with one attached hydrogen (secondary N) is 1. The fraction of sp³-hybridized carbons (Fsp3) is 1.00. The summed E-state index contributed by atoms with van der Waals surface area (Å²) in [6.45, 7) is 8.83. The van der Waals surface area contributed by atoms with Gasteiger partial charge in [0.1, 0.15) is 0 Å². The molecule has 0 radical (unpaired) electrons. The van der Waals surface area contributed by atoms with Crippen LogP contribution in [0.15, 0.2) is 0 Å². The highest BCUT2D eigenvalue weighted by Crippen LogP contribution is 2.39. The normalized spacial score (nSPS) is 32.2. The minimum atomic E-state index is -3.02. The lowest BCUT2D eigenvalue weighted by Gasteiger charge is -2.44. The lowest BCUT2D eigenvalue weighted by molar-refractivity contribution is 0.0880. The molecule has 0 bridgehead atoms. The third-order valence-electron chi connectivity index (χ3n) is 5.18. The Kier molecular flexibility index (Phi) is 5.34. The van der Waals surface area contributed by atoms with Gasteiger partial charge in [-0.25, -0.2) is 8.42 Å². The predicted octanol–water partition coefficient (Wildman–Crippen LogP) is 0.978. The summed E-state index contributed by atoms with van der Waals surface area (Å²) in [5, 5.41) is 3.48. The van der Waals surface area contributed by atoms with Gasteiger partial charge in [0.25, 0.3) is 0 Å². The molecule has 1 N–H and O–H groups in total. The largest absolute Gasteiger partial charge is 0.317 e. The number of piperazine rings is 1. The third-order valence-corrected chi connectivity index (χ3v) is 6.48. The van der Waals surface area contributed by atoms with Gasteiger partial charge < -0.3 is 10.2 Å². The first-order valence-electron chi connectivity index (χ1n) is 8.06. The van der Waals surface area contributed by atoms with E-state index < -0.39 is 10.0 Å². The summed E-state index contributed by atoms with van der Waals surface area (Å²) in [4.78, 5) is 2.44. The van der Waals surface area contributed by atoms with Gasteiger partial charge in [-0.1, -0.05) is 13.8 Å². The number of sulfonamides is 1. The zero-order valence-electron chi connectivity index (χ0n) is 13.9. The fourth-order valence-corrected chi connectivity index (χ4v) is 4.71. The average Bonchev–Trinajstić information content (AvgIpc) is 2.37. The number of hydrogen-bond donors (Lipinski definition) is 1. The molecule has 124 valence electrons. The van der Waals surface area contributed by atoms with E-state index in [9.17, 15) is 8.42 Å². The lowest BCUT2D eigenvalue weighted by atomic mass is 9.69. The van der Waals surface area contributed by atoms with Gasteiger partial charge in [0.15, 0.2) is 0 Å². The molecule has 2 fully saturated rings. The van der Waals surface area contributed by atoms with E-state index in [1.54, 1.807) is 4.31 Å². The molecule has 1 saturated carbocycles. The summed E-state index contributed by atoms with van der Waals surface area (Å²) in [6.07, 6.45) is 5.10. The van der Waals surface area contributed by atoms with Crippen LogP contribution in [-0.2, 0) is 10.0 Å². The van der Waals surface area contributed by atoms with E-state index in [-0.39, 0.29) is 0 Å². The zero-order valence-corrected chi connectivity index (χ0v) is 14.7. The maximum atomic E-state index is 11.6. The molecule has 0 amide bonds. The van der Waals surface area contributed by atoms with Crippen molar-refractivity contribution < 1.29 is 8.42 Å². The van der Waals surface area contributed by atoms with Crippen LogP contribution in [0.1, 0.15) is 33.1 Å². The Bertz CT molecular complexity index is 442. The minimum Gasteiger partial charge on any atom is -0.317 e. The van der Waals surface area contributed by atoms with Crippen LogP contribution in [0.2, 0.25) is 0 Å². The topological polar surface area (TPSA) is 52.6 Å². The van der Waals surface area contributed by atoms with Gasteiger partial charge in [-0.05, 0) is 37.6 Å². The number of nitrogens with zero attached hydrogens (tertiary/aromatic N) is 2. The van der Waals surface area contributed by atoms with E-state index in [1.165, 1.54) is 25.5 Å². The summed E-state index contributed by atoms with van der Waals surface area (Å²) < 4.78 is 24.7. The predicted molar refractivity (Wildman–Crippen MR) is 86.8 cm³/mol. The summed E-state index contributed by atoms with van der Waals surface area (Å²) in [5.41, 5.74) is 0.437. The maximum Gasteiger partial charge on any atom is 0.211 e. The van der Waals surface area contributed by atoms with Crippen LogP contribution in [0.5, 0.6) is 0 Å². The Morgan fingerprint density at radius 1 is 1.19 bits per heavy atom. The van der Waals surface area contributed by atoms with E-state index in [2.05, 4.69) is 31.1 Å². The van der Waals surface area contributed by atoms with Crippen LogP contribution in [0.3, 0.4) is 0 Å². The first kappa shape index (κ1) is 17.2. The second-order valence-electron chi connectivity index (χ2n) is 7.52. The maximum absolute atomic E-state index is 11.6. The average molecular weight is 317 g/mol. The van der Waals surface area contributed by atoms with Crippen LogP contribution in [0, 0.1) is 11.3 Å².